The highest BCUT2D eigenvalue weighted by molar-refractivity contribution is 7.10. The van der Waals surface area contributed by atoms with E-state index in [0.717, 1.165) is 10.9 Å². The van der Waals surface area contributed by atoms with E-state index in [0.29, 0.717) is 0 Å². The summed E-state index contributed by atoms with van der Waals surface area (Å²) in [6.07, 6.45) is 0. The summed E-state index contributed by atoms with van der Waals surface area (Å²) in [4.78, 5) is 6.47. The van der Waals surface area contributed by atoms with E-state index in [-0.39, 0.29) is 17.7 Å². The molecule has 2 heterocycles. The Hall–Kier alpha value is -1.69. The molecular formula is C12H13F2N3S. The molecule has 96 valence electrons. The molecule has 2 aromatic rings. The van der Waals surface area contributed by atoms with Crippen molar-refractivity contribution in [1.82, 2.24) is 4.98 Å². The molecule has 0 saturated carbocycles. The topological polar surface area (TPSA) is 42.2 Å². The Bertz CT molecular complexity index is 543. The van der Waals surface area contributed by atoms with E-state index in [1.165, 1.54) is 0 Å². The van der Waals surface area contributed by atoms with Gasteiger partial charge in [0.15, 0.2) is 23.3 Å². The number of nitrogens with zero attached hydrogens (tertiary/aromatic N) is 2. The number of hydrogen-bond acceptors (Lipinski definition) is 4. The molecule has 2 aromatic heterocycles. The van der Waals surface area contributed by atoms with Crippen molar-refractivity contribution >= 4 is 23.0 Å². The van der Waals surface area contributed by atoms with Gasteiger partial charge in [0, 0.05) is 18.0 Å². The number of nitrogen functional groups attached to an aromatic ring is 1. The predicted molar refractivity (Wildman–Crippen MR) is 69.7 cm³/mol. The van der Waals surface area contributed by atoms with Gasteiger partial charge in [-0.15, -0.1) is 11.3 Å². The van der Waals surface area contributed by atoms with Crippen molar-refractivity contribution in [3.05, 3.63) is 40.1 Å². The van der Waals surface area contributed by atoms with E-state index in [2.05, 4.69) is 4.98 Å². The lowest BCUT2D eigenvalue weighted by Crippen LogP contribution is -2.23. The Morgan fingerprint density at radius 2 is 2.11 bits per heavy atom. The van der Waals surface area contributed by atoms with E-state index in [9.17, 15) is 8.78 Å². The quantitative estimate of drug-likeness (QED) is 0.930. The first kappa shape index (κ1) is 12.8. The number of aromatic nitrogens is 1. The molecule has 3 nitrogen and oxygen atoms in total. The highest BCUT2D eigenvalue weighted by atomic mass is 32.1. The molecule has 1 unspecified atom stereocenters. The van der Waals surface area contributed by atoms with Crippen molar-refractivity contribution in [3.63, 3.8) is 0 Å². The summed E-state index contributed by atoms with van der Waals surface area (Å²) in [5.41, 5.74) is 5.37. The molecule has 0 radical (unpaired) electrons. The number of thiophene rings is 1. The maximum atomic E-state index is 13.7. The molecule has 6 heteroatoms. The van der Waals surface area contributed by atoms with Crippen LogP contribution in [0.25, 0.3) is 0 Å². The average molecular weight is 269 g/mol. The highest BCUT2D eigenvalue weighted by Crippen LogP contribution is 2.29. The van der Waals surface area contributed by atoms with E-state index in [1.54, 1.807) is 23.3 Å². The van der Waals surface area contributed by atoms with Crippen molar-refractivity contribution in [2.75, 3.05) is 17.7 Å². The van der Waals surface area contributed by atoms with Crippen molar-refractivity contribution in [1.29, 1.82) is 0 Å². The van der Waals surface area contributed by atoms with Crippen LogP contribution in [0.1, 0.15) is 17.8 Å². The van der Waals surface area contributed by atoms with Crippen LogP contribution in [0.2, 0.25) is 0 Å². The normalized spacial score (nSPS) is 12.4. The average Bonchev–Trinajstić information content (AvgIpc) is 2.85. The Morgan fingerprint density at radius 3 is 2.72 bits per heavy atom. The van der Waals surface area contributed by atoms with Gasteiger partial charge in [0.2, 0.25) is 0 Å². The van der Waals surface area contributed by atoms with Crippen LogP contribution >= 0.6 is 11.3 Å². The van der Waals surface area contributed by atoms with Crippen molar-refractivity contribution in [2.45, 2.75) is 13.0 Å². The molecule has 2 N–H and O–H groups in total. The zero-order valence-corrected chi connectivity index (χ0v) is 10.8. The van der Waals surface area contributed by atoms with Crippen LogP contribution in [0.3, 0.4) is 0 Å². The second kappa shape index (κ2) is 4.89. The summed E-state index contributed by atoms with van der Waals surface area (Å²) in [5.74, 6) is -1.80. The predicted octanol–water partition coefficient (Wildman–Crippen LogP) is 3.20. The summed E-state index contributed by atoms with van der Waals surface area (Å²) in [7, 11) is 1.70. The van der Waals surface area contributed by atoms with Crippen LogP contribution in [0.4, 0.5) is 20.4 Å². The van der Waals surface area contributed by atoms with Crippen LogP contribution in [0.5, 0.6) is 0 Å². The molecule has 0 amide bonds. The van der Waals surface area contributed by atoms with E-state index < -0.39 is 11.6 Å². The molecule has 0 fully saturated rings. The maximum Gasteiger partial charge on any atom is 0.168 e. The van der Waals surface area contributed by atoms with Gasteiger partial charge in [0.1, 0.15) is 0 Å². The lowest BCUT2D eigenvalue weighted by molar-refractivity contribution is 0.568. The second-order valence-electron chi connectivity index (χ2n) is 3.96. The monoisotopic (exact) mass is 269 g/mol. The maximum absolute atomic E-state index is 13.7. The van der Waals surface area contributed by atoms with Crippen molar-refractivity contribution < 1.29 is 8.78 Å². The minimum absolute atomic E-state index is 0.0507. The number of pyridine rings is 1. The van der Waals surface area contributed by atoms with Gasteiger partial charge in [-0.25, -0.2) is 13.8 Å². The van der Waals surface area contributed by atoms with Crippen LogP contribution in [0.15, 0.2) is 23.6 Å². The zero-order chi connectivity index (χ0) is 13.3. The molecule has 0 aliphatic heterocycles. The smallest absolute Gasteiger partial charge is 0.168 e. The number of rotatable bonds is 3. The van der Waals surface area contributed by atoms with Gasteiger partial charge in [0.05, 0.1) is 6.04 Å². The fourth-order valence-electron chi connectivity index (χ4n) is 1.62. The van der Waals surface area contributed by atoms with Gasteiger partial charge in [-0.1, -0.05) is 6.07 Å². The number of hydrogen-bond donors (Lipinski definition) is 1. The minimum Gasteiger partial charge on any atom is -0.381 e. The number of halogens is 2. The standard InChI is InChI=1S/C12H13F2N3S/c1-7(10-4-3-5-18-10)17(2)12-9(14)6-8(13)11(15)16-12/h3-7H,1-2H3,(H2,15,16). The summed E-state index contributed by atoms with van der Waals surface area (Å²) < 4.78 is 26.7. The SMILES string of the molecule is CC(c1cccs1)N(C)c1nc(N)c(F)cc1F. The van der Waals surface area contributed by atoms with Crippen LogP contribution in [-0.2, 0) is 0 Å². The van der Waals surface area contributed by atoms with Crippen LogP contribution < -0.4 is 10.6 Å². The Labute approximate surface area is 108 Å². The molecular weight excluding hydrogens is 256 g/mol. The summed E-state index contributed by atoms with van der Waals surface area (Å²) in [5, 5.41) is 1.95. The first-order chi connectivity index (χ1) is 8.50. The minimum atomic E-state index is -0.839. The van der Waals surface area contributed by atoms with Gasteiger partial charge in [0.25, 0.3) is 0 Å². The molecule has 0 spiro atoms. The largest absolute Gasteiger partial charge is 0.381 e. The van der Waals surface area contributed by atoms with Gasteiger partial charge >= 0.3 is 0 Å². The van der Waals surface area contributed by atoms with Crippen molar-refractivity contribution in [2.24, 2.45) is 0 Å². The first-order valence-corrected chi connectivity index (χ1v) is 6.26. The third-order valence-corrected chi connectivity index (χ3v) is 3.85. The Kier molecular flexibility index (Phi) is 3.47. The van der Waals surface area contributed by atoms with Gasteiger partial charge < -0.3 is 10.6 Å². The fourth-order valence-corrected chi connectivity index (χ4v) is 2.45. The molecule has 0 aliphatic carbocycles. The van der Waals surface area contributed by atoms with Crippen LogP contribution in [0, 0.1) is 11.6 Å². The highest BCUT2D eigenvalue weighted by Gasteiger charge is 2.19. The third kappa shape index (κ3) is 2.28. The fraction of sp³-hybridized carbons (Fsp3) is 0.250. The molecule has 0 aromatic carbocycles. The molecule has 0 aliphatic rings. The number of anilines is 2. The molecule has 2 rings (SSSR count). The zero-order valence-electron chi connectivity index (χ0n) is 10.0. The van der Waals surface area contributed by atoms with E-state index in [4.69, 9.17) is 5.73 Å². The summed E-state index contributed by atoms with van der Waals surface area (Å²) in [6.45, 7) is 1.92. The Morgan fingerprint density at radius 1 is 1.39 bits per heavy atom. The van der Waals surface area contributed by atoms with Crippen molar-refractivity contribution in [3.8, 4) is 0 Å². The van der Waals surface area contributed by atoms with E-state index in [1.807, 2.05) is 24.4 Å². The van der Waals surface area contributed by atoms with Crippen LogP contribution in [-0.4, -0.2) is 12.0 Å². The lowest BCUT2D eigenvalue weighted by atomic mass is 10.2. The molecule has 0 saturated heterocycles. The molecule has 0 bridgehead atoms. The number of nitrogens with two attached hydrogens (primary N) is 1. The summed E-state index contributed by atoms with van der Waals surface area (Å²) in [6, 6.07) is 4.58. The molecule has 18 heavy (non-hydrogen) atoms. The second-order valence-corrected chi connectivity index (χ2v) is 4.94. The molecule has 1 atom stereocenters. The summed E-state index contributed by atoms with van der Waals surface area (Å²) >= 11 is 1.57. The van der Waals surface area contributed by atoms with Gasteiger partial charge in [-0.3, -0.25) is 0 Å². The lowest BCUT2D eigenvalue weighted by Gasteiger charge is -2.25. The van der Waals surface area contributed by atoms with Gasteiger partial charge in [-0.05, 0) is 18.4 Å². The first-order valence-electron chi connectivity index (χ1n) is 5.38. The Balaban J connectivity index is 2.34. The third-order valence-electron chi connectivity index (χ3n) is 2.81. The van der Waals surface area contributed by atoms with E-state index >= 15 is 0 Å². The van der Waals surface area contributed by atoms with Gasteiger partial charge in [-0.2, -0.15) is 0 Å².